The van der Waals surface area contributed by atoms with E-state index in [1.807, 2.05) is 44.2 Å². The van der Waals surface area contributed by atoms with E-state index in [9.17, 15) is 14.7 Å². The number of hydrogen-bond donors (Lipinski definition) is 2. The number of aliphatic carboxylic acids is 1. The molecule has 198 valence electrons. The van der Waals surface area contributed by atoms with E-state index in [0.717, 1.165) is 45.9 Å². The van der Waals surface area contributed by atoms with E-state index in [4.69, 9.17) is 0 Å². The zero-order valence-corrected chi connectivity index (χ0v) is 22.3. The number of carboxylic acid groups (broad SMARTS) is 1. The minimum Gasteiger partial charge on any atom is -0.481 e. The summed E-state index contributed by atoms with van der Waals surface area (Å²) in [6.45, 7) is 6.44. The first-order valence-corrected chi connectivity index (χ1v) is 13.3. The van der Waals surface area contributed by atoms with E-state index in [-0.39, 0.29) is 12.5 Å². The number of tetrazole rings is 1. The lowest BCUT2D eigenvalue weighted by Gasteiger charge is -2.34. The van der Waals surface area contributed by atoms with Crippen LogP contribution in [0.25, 0.3) is 33.3 Å². The van der Waals surface area contributed by atoms with Gasteiger partial charge in [-0.1, -0.05) is 75.7 Å². The van der Waals surface area contributed by atoms with Crippen LogP contribution in [0.4, 0.5) is 0 Å². The topological polar surface area (TPSA) is 112 Å². The molecule has 3 aromatic carbocycles. The lowest BCUT2D eigenvalue weighted by molar-refractivity contribution is -0.152. The SMILES string of the molecule is CCCCC(=O)N(Cc1ccc2cc(-c3ccc(-c4nn[nH]n4)cc3)ccc2c1)CC(CC)(CC)C(=O)O. The molecule has 0 spiro atoms. The van der Waals surface area contributed by atoms with Gasteiger partial charge in [0, 0.05) is 25.1 Å². The van der Waals surface area contributed by atoms with Crippen LogP contribution >= 0.6 is 0 Å². The van der Waals surface area contributed by atoms with Crippen LogP contribution in [0.1, 0.15) is 58.4 Å². The maximum atomic E-state index is 13.1. The van der Waals surface area contributed by atoms with Crippen molar-refractivity contribution in [3.8, 4) is 22.5 Å². The van der Waals surface area contributed by atoms with Gasteiger partial charge in [0.15, 0.2) is 0 Å². The Morgan fingerprint density at radius 3 is 2.18 bits per heavy atom. The summed E-state index contributed by atoms with van der Waals surface area (Å²) in [5, 5.41) is 26.3. The molecule has 0 atom stereocenters. The molecule has 0 radical (unpaired) electrons. The van der Waals surface area contributed by atoms with Crippen LogP contribution in [0.3, 0.4) is 0 Å². The third kappa shape index (κ3) is 5.90. The number of H-pyrrole nitrogens is 1. The van der Waals surface area contributed by atoms with Crippen LogP contribution in [0.2, 0.25) is 0 Å². The third-order valence-corrected chi connectivity index (χ3v) is 7.50. The smallest absolute Gasteiger partial charge is 0.311 e. The molecule has 2 N–H and O–H groups in total. The molecule has 0 saturated heterocycles. The van der Waals surface area contributed by atoms with Gasteiger partial charge in [-0.05, 0) is 64.1 Å². The maximum absolute atomic E-state index is 13.1. The van der Waals surface area contributed by atoms with Gasteiger partial charge in [0.25, 0.3) is 0 Å². The van der Waals surface area contributed by atoms with E-state index >= 15 is 0 Å². The highest BCUT2D eigenvalue weighted by Gasteiger charge is 2.38. The molecule has 0 aliphatic heterocycles. The number of carbonyl (C=O) groups is 2. The highest BCUT2D eigenvalue weighted by atomic mass is 16.4. The highest BCUT2D eigenvalue weighted by Crippen LogP contribution is 2.31. The quantitative estimate of drug-likeness (QED) is 0.237. The van der Waals surface area contributed by atoms with Crippen molar-refractivity contribution in [2.24, 2.45) is 5.41 Å². The first-order chi connectivity index (χ1) is 18.4. The molecule has 0 aliphatic carbocycles. The Kier molecular flexibility index (Phi) is 8.51. The summed E-state index contributed by atoms with van der Waals surface area (Å²) in [6, 6.07) is 20.5. The number of aromatic nitrogens is 4. The number of fused-ring (bicyclic) bond motifs is 1. The van der Waals surface area contributed by atoms with Crippen molar-refractivity contribution in [2.75, 3.05) is 6.54 Å². The molecule has 4 aromatic rings. The van der Waals surface area contributed by atoms with Crippen molar-refractivity contribution >= 4 is 22.6 Å². The largest absolute Gasteiger partial charge is 0.481 e. The van der Waals surface area contributed by atoms with Crippen molar-refractivity contribution < 1.29 is 14.7 Å². The first-order valence-electron chi connectivity index (χ1n) is 13.3. The fourth-order valence-electron chi connectivity index (χ4n) is 4.82. The summed E-state index contributed by atoms with van der Waals surface area (Å²) >= 11 is 0. The number of nitrogens with zero attached hydrogens (tertiary/aromatic N) is 4. The molecule has 0 fully saturated rings. The summed E-state index contributed by atoms with van der Waals surface area (Å²) in [7, 11) is 0. The summed E-state index contributed by atoms with van der Waals surface area (Å²) < 4.78 is 0. The Bertz CT molecular complexity index is 1380. The van der Waals surface area contributed by atoms with Crippen LogP contribution in [-0.2, 0) is 16.1 Å². The van der Waals surface area contributed by atoms with Crippen molar-refractivity contribution in [3.63, 3.8) is 0 Å². The molecule has 0 bridgehead atoms. The average Bonchev–Trinajstić information content (AvgIpc) is 3.49. The van der Waals surface area contributed by atoms with Crippen molar-refractivity contribution in [1.82, 2.24) is 25.5 Å². The molecular formula is C30H35N5O3. The van der Waals surface area contributed by atoms with Crippen LogP contribution in [0, 0.1) is 5.41 Å². The van der Waals surface area contributed by atoms with Gasteiger partial charge in [-0.3, -0.25) is 9.59 Å². The predicted molar refractivity (Wildman–Crippen MR) is 148 cm³/mol. The zero-order chi connectivity index (χ0) is 27.1. The van der Waals surface area contributed by atoms with Gasteiger partial charge < -0.3 is 10.0 Å². The van der Waals surface area contributed by atoms with E-state index in [1.54, 1.807) is 4.90 Å². The van der Waals surface area contributed by atoms with Crippen LogP contribution in [0.5, 0.6) is 0 Å². The van der Waals surface area contributed by atoms with Crippen LogP contribution in [-0.4, -0.2) is 49.1 Å². The molecule has 0 saturated carbocycles. The number of amides is 1. The molecule has 0 aliphatic rings. The van der Waals surface area contributed by atoms with E-state index in [0.29, 0.717) is 31.6 Å². The Hall–Kier alpha value is -4.07. The summed E-state index contributed by atoms with van der Waals surface area (Å²) in [4.78, 5) is 27.0. The minimum atomic E-state index is -0.938. The van der Waals surface area contributed by atoms with Gasteiger partial charge in [0.2, 0.25) is 11.7 Å². The highest BCUT2D eigenvalue weighted by molar-refractivity contribution is 5.88. The van der Waals surface area contributed by atoms with Gasteiger partial charge in [0.05, 0.1) is 5.41 Å². The number of hydrogen-bond acceptors (Lipinski definition) is 5. The lowest BCUT2D eigenvalue weighted by Crippen LogP contribution is -2.44. The molecule has 38 heavy (non-hydrogen) atoms. The minimum absolute atomic E-state index is 0.0130. The summed E-state index contributed by atoms with van der Waals surface area (Å²) in [5.74, 6) is -0.269. The number of carbonyl (C=O) groups excluding carboxylic acids is 1. The Balaban J connectivity index is 1.57. The standard InChI is InChI=1S/C30H35N5O3/c1-4-7-8-27(36)35(20-30(5-2,6-3)29(37)38)19-21-9-10-26-18-25(16-15-24(26)17-21)22-11-13-23(14-12-22)28-31-33-34-32-28/h9-18H,4-8,19-20H2,1-3H3,(H,37,38)(H,31,32,33,34). The predicted octanol–water partition coefficient (Wildman–Crippen LogP) is 6.10. The Labute approximate surface area is 223 Å². The molecule has 8 nitrogen and oxygen atoms in total. The Morgan fingerprint density at radius 1 is 0.895 bits per heavy atom. The number of carboxylic acids is 1. The van der Waals surface area contributed by atoms with Gasteiger partial charge >= 0.3 is 5.97 Å². The van der Waals surface area contributed by atoms with E-state index in [1.165, 1.54) is 0 Å². The second-order valence-electron chi connectivity index (χ2n) is 9.85. The van der Waals surface area contributed by atoms with Gasteiger partial charge in [0.1, 0.15) is 0 Å². The molecular weight excluding hydrogens is 478 g/mol. The molecule has 0 unspecified atom stereocenters. The van der Waals surface area contributed by atoms with E-state index < -0.39 is 11.4 Å². The second kappa shape index (κ2) is 12.0. The third-order valence-electron chi connectivity index (χ3n) is 7.50. The van der Waals surface area contributed by atoms with Crippen molar-refractivity contribution in [1.29, 1.82) is 0 Å². The maximum Gasteiger partial charge on any atom is 0.311 e. The van der Waals surface area contributed by atoms with E-state index in [2.05, 4.69) is 57.9 Å². The molecule has 1 aromatic heterocycles. The first kappa shape index (κ1) is 27.0. The molecule has 1 heterocycles. The molecule has 8 heteroatoms. The number of benzene rings is 3. The van der Waals surface area contributed by atoms with Crippen LogP contribution in [0.15, 0.2) is 60.7 Å². The monoisotopic (exact) mass is 513 g/mol. The summed E-state index contributed by atoms with van der Waals surface area (Å²) in [5.41, 5.74) is 3.13. The number of unbranched alkanes of at least 4 members (excludes halogenated alkanes) is 1. The molecule has 4 rings (SSSR count). The Morgan fingerprint density at radius 2 is 1.55 bits per heavy atom. The number of nitrogens with one attached hydrogen (secondary N) is 1. The molecule has 1 amide bonds. The lowest BCUT2D eigenvalue weighted by atomic mass is 9.81. The van der Waals surface area contributed by atoms with Crippen molar-refractivity contribution in [3.05, 3.63) is 66.2 Å². The average molecular weight is 514 g/mol. The second-order valence-corrected chi connectivity index (χ2v) is 9.85. The fourth-order valence-corrected chi connectivity index (χ4v) is 4.82. The van der Waals surface area contributed by atoms with Gasteiger partial charge in [-0.15, -0.1) is 10.2 Å². The number of aromatic amines is 1. The van der Waals surface area contributed by atoms with Crippen LogP contribution < -0.4 is 0 Å². The number of rotatable bonds is 12. The zero-order valence-electron chi connectivity index (χ0n) is 22.3. The normalized spacial score (nSPS) is 11.6. The summed E-state index contributed by atoms with van der Waals surface area (Å²) in [6.07, 6.45) is 3.11. The van der Waals surface area contributed by atoms with Gasteiger partial charge in [-0.2, -0.15) is 5.21 Å². The fraction of sp³-hybridized carbons (Fsp3) is 0.367. The van der Waals surface area contributed by atoms with Crippen molar-refractivity contribution in [2.45, 2.75) is 59.4 Å². The van der Waals surface area contributed by atoms with Gasteiger partial charge in [-0.25, -0.2) is 0 Å².